The molecule has 1 heterocycles. The maximum atomic E-state index is 8.79. The number of aliphatic hydroxyl groups excluding tert-OH is 1. The molecule has 1 aromatic rings. The van der Waals surface area contributed by atoms with E-state index < -0.39 is 5.79 Å². The second-order valence-corrected chi connectivity index (χ2v) is 6.62. The fraction of sp³-hybridized carbons (Fsp3) is 0.600. The van der Waals surface area contributed by atoms with E-state index in [-0.39, 0.29) is 18.8 Å². The van der Waals surface area contributed by atoms with Gasteiger partial charge in [0.05, 0.1) is 25.4 Å². The van der Waals surface area contributed by atoms with Crippen LogP contribution in [-0.4, -0.2) is 36.3 Å². The molecule has 1 aromatic carbocycles. The highest BCUT2D eigenvalue weighted by atomic mass is 16.7. The average Bonchev–Trinajstić information content (AvgIpc) is 2.86. The van der Waals surface area contributed by atoms with E-state index in [9.17, 15) is 0 Å². The van der Waals surface area contributed by atoms with Crippen LogP contribution in [0.15, 0.2) is 42.5 Å². The summed E-state index contributed by atoms with van der Waals surface area (Å²) in [4.78, 5) is 0. The van der Waals surface area contributed by atoms with Crippen LogP contribution in [0.3, 0.4) is 0 Å². The molecular formula is C20H30O4. The van der Waals surface area contributed by atoms with Gasteiger partial charge in [-0.3, -0.25) is 0 Å². The van der Waals surface area contributed by atoms with Crippen LogP contribution in [0.25, 0.3) is 0 Å². The van der Waals surface area contributed by atoms with Crippen LogP contribution in [0.4, 0.5) is 0 Å². The summed E-state index contributed by atoms with van der Waals surface area (Å²) in [6, 6.07) is 10.2. The Balaban J connectivity index is 1.67. The molecule has 0 amide bonds. The minimum atomic E-state index is -0.513. The van der Waals surface area contributed by atoms with E-state index in [1.54, 1.807) is 6.08 Å². The number of benzene rings is 1. The lowest BCUT2D eigenvalue weighted by molar-refractivity contribution is -0.147. The van der Waals surface area contributed by atoms with Gasteiger partial charge in [0.1, 0.15) is 0 Å². The largest absolute Gasteiger partial charge is 0.392 e. The van der Waals surface area contributed by atoms with Gasteiger partial charge < -0.3 is 19.3 Å². The molecule has 0 unspecified atom stereocenters. The van der Waals surface area contributed by atoms with Crippen LogP contribution in [0, 0.1) is 0 Å². The standard InChI is InChI=1S/C20H30O4/c1-20(2)23-18(12-7-4-8-14-21)19(24-20)13-9-15-22-16-17-10-5-3-6-11-17/h3-6,8,10-11,18-19,21H,7,9,12-16H2,1-2H3/b8-4+/t18-,19-/m1/s1. The van der Waals surface area contributed by atoms with Crippen LogP contribution >= 0.6 is 0 Å². The third-order valence-electron chi connectivity index (χ3n) is 4.06. The molecule has 1 fully saturated rings. The maximum Gasteiger partial charge on any atom is 0.163 e. The Bertz CT molecular complexity index is 484. The molecule has 0 aromatic heterocycles. The van der Waals surface area contributed by atoms with E-state index in [4.69, 9.17) is 19.3 Å². The van der Waals surface area contributed by atoms with Crippen molar-refractivity contribution in [3.63, 3.8) is 0 Å². The first-order valence-electron chi connectivity index (χ1n) is 8.84. The van der Waals surface area contributed by atoms with Crippen molar-refractivity contribution in [3.8, 4) is 0 Å². The van der Waals surface area contributed by atoms with Crippen molar-refractivity contribution in [3.05, 3.63) is 48.0 Å². The molecule has 0 spiro atoms. The molecule has 0 saturated carbocycles. The molecule has 4 nitrogen and oxygen atoms in total. The quantitative estimate of drug-likeness (QED) is 0.522. The summed E-state index contributed by atoms with van der Waals surface area (Å²) < 4.78 is 17.8. The summed E-state index contributed by atoms with van der Waals surface area (Å²) in [5, 5.41) is 8.79. The fourth-order valence-electron chi connectivity index (χ4n) is 3.00. The molecule has 1 aliphatic rings. The molecule has 134 valence electrons. The van der Waals surface area contributed by atoms with Crippen molar-refractivity contribution in [1.29, 1.82) is 0 Å². The first kappa shape index (κ1) is 19.1. The predicted octanol–water partition coefficient (Wildman–Crippen LogP) is 3.83. The van der Waals surface area contributed by atoms with Crippen LogP contribution in [0.2, 0.25) is 0 Å². The number of rotatable bonds is 10. The summed E-state index contributed by atoms with van der Waals surface area (Å²) in [6.45, 7) is 5.41. The Morgan fingerprint density at radius 3 is 2.50 bits per heavy atom. The van der Waals surface area contributed by atoms with Crippen molar-refractivity contribution >= 4 is 0 Å². The van der Waals surface area contributed by atoms with E-state index in [1.165, 1.54) is 5.56 Å². The summed E-state index contributed by atoms with van der Waals surface area (Å²) in [7, 11) is 0. The van der Waals surface area contributed by atoms with Gasteiger partial charge in [0.2, 0.25) is 0 Å². The molecule has 1 N–H and O–H groups in total. The Hall–Kier alpha value is -1.20. The molecule has 4 heteroatoms. The Morgan fingerprint density at radius 2 is 1.79 bits per heavy atom. The van der Waals surface area contributed by atoms with Gasteiger partial charge in [-0.15, -0.1) is 0 Å². The van der Waals surface area contributed by atoms with E-state index in [2.05, 4.69) is 12.1 Å². The molecule has 0 aliphatic carbocycles. The molecule has 0 bridgehead atoms. The van der Waals surface area contributed by atoms with Crippen molar-refractivity contribution in [2.24, 2.45) is 0 Å². The van der Waals surface area contributed by atoms with Crippen molar-refractivity contribution in [1.82, 2.24) is 0 Å². The number of aliphatic hydroxyl groups is 1. The number of hydrogen-bond acceptors (Lipinski definition) is 4. The lowest BCUT2D eigenvalue weighted by atomic mass is 10.0. The number of ether oxygens (including phenoxy) is 3. The second kappa shape index (κ2) is 9.94. The second-order valence-electron chi connectivity index (χ2n) is 6.62. The van der Waals surface area contributed by atoms with Gasteiger partial charge in [0, 0.05) is 6.61 Å². The van der Waals surface area contributed by atoms with Crippen molar-refractivity contribution < 1.29 is 19.3 Å². The molecule has 0 radical (unpaired) electrons. The zero-order chi connectivity index (χ0) is 17.3. The van der Waals surface area contributed by atoms with E-state index >= 15 is 0 Å². The van der Waals surface area contributed by atoms with Gasteiger partial charge in [-0.1, -0.05) is 42.5 Å². The van der Waals surface area contributed by atoms with E-state index in [0.29, 0.717) is 6.61 Å². The lowest BCUT2D eigenvalue weighted by Gasteiger charge is -2.16. The topological polar surface area (TPSA) is 47.9 Å². The summed E-state index contributed by atoms with van der Waals surface area (Å²) in [5.41, 5.74) is 1.20. The highest BCUT2D eigenvalue weighted by Crippen LogP contribution is 2.32. The Morgan fingerprint density at radius 1 is 1.08 bits per heavy atom. The summed E-state index contributed by atoms with van der Waals surface area (Å²) in [5.74, 6) is -0.513. The number of hydrogen-bond donors (Lipinski definition) is 1. The summed E-state index contributed by atoms with van der Waals surface area (Å²) >= 11 is 0. The van der Waals surface area contributed by atoms with Crippen LogP contribution in [0.5, 0.6) is 0 Å². The van der Waals surface area contributed by atoms with E-state index in [0.717, 1.165) is 32.3 Å². The third kappa shape index (κ3) is 6.73. The molecule has 1 aliphatic heterocycles. The Labute approximate surface area is 145 Å². The van der Waals surface area contributed by atoms with Crippen molar-refractivity contribution in [2.75, 3.05) is 13.2 Å². The van der Waals surface area contributed by atoms with Gasteiger partial charge in [-0.05, 0) is 45.1 Å². The van der Waals surface area contributed by atoms with Gasteiger partial charge in [0.15, 0.2) is 5.79 Å². The first-order valence-corrected chi connectivity index (χ1v) is 8.84. The molecule has 1 saturated heterocycles. The van der Waals surface area contributed by atoms with Gasteiger partial charge in [-0.2, -0.15) is 0 Å². The van der Waals surface area contributed by atoms with Gasteiger partial charge in [0.25, 0.3) is 0 Å². The van der Waals surface area contributed by atoms with Gasteiger partial charge in [-0.25, -0.2) is 0 Å². The predicted molar refractivity (Wildman–Crippen MR) is 94.6 cm³/mol. The average molecular weight is 334 g/mol. The lowest BCUT2D eigenvalue weighted by Crippen LogP contribution is -2.22. The number of allylic oxidation sites excluding steroid dienone is 1. The van der Waals surface area contributed by atoms with Crippen LogP contribution < -0.4 is 0 Å². The highest BCUT2D eigenvalue weighted by Gasteiger charge is 2.40. The van der Waals surface area contributed by atoms with Crippen LogP contribution in [0.1, 0.15) is 45.1 Å². The minimum Gasteiger partial charge on any atom is -0.392 e. The first-order chi connectivity index (χ1) is 11.6. The van der Waals surface area contributed by atoms with E-state index in [1.807, 2.05) is 38.1 Å². The van der Waals surface area contributed by atoms with Crippen molar-refractivity contribution in [2.45, 2.75) is 64.1 Å². The van der Waals surface area contributed by atoms with Crippen LogP contribution in [-0.2, 0) is 20.8 Å². The monoisotopic (exact) mass is 334 g/mol. The molecule has 24 heavy (non-hydrogen) atoms. The molecule has 2 rings (SSSR count). The molecule has 2 atom stereocenters. The third-order valence-corrected chi connectivity index (χ3v) is 4.06. The Kier molecular flexibility index (Phi) is 7.92. The fourth-order valence-corrected chi connectivity index (χ4v) is 3.00. The summed E-state index contributed by atoms with van der Waals surface area (Å²) in [6.07, 6.45) is 7.69. The zero-order valence-electron chi connectivity index (χ0n) is 14.8. The smallest absolute Gasteiger partial charge is 0.163 e. The maximum absolute atomic E-state index is 8.79. The SMILES string of the molecule is CC1(C)O[C@H](CC/C=C/CO)[C@@H](CCCOCc2ccccc2)O1. The minimum absolute atomic E-state index is 0.0930. The normalized spacial score (nSPS) is 23.1. The highest BCUT2D eigenvalue weighted by molar-refractivity contribution is 5.13. The zero-order valence-corrected chi connectivity index (χ0v) is 14.8. The van der Waals surface area contributed by atoms with Gasteiger partial charge >= 0.3 is 0 Å². The molecular weight excluding hydrogens is 304 g/mol.